The minimum Gasteiger partial charge on any atom is -0.466 e. The summed E-state index contributed by atoms with van der Waals surface area (Å²) in [6.45, 7) is 9.68. The van der Waals surface area contributed by atoms with Crippen molar-refractivity contribution in [2.45, 2.75) is 77.1 Å². The highest BCUT2D eigenvalue weighted by Gasteiger charge is 2.78. The third-order valence-electron chi connectivity index (χ3n) is 9.02. The van der Waals surface area contributed by atoms with E-state index in [9.17, 15) is 9.59 Å². The Morgan fingerprint density at radius 3 is 2.76 bits per heavy atom. The van der Waals surface area contributed by atoms with Gasteiger partial charge in [-0.25, -0.2) is 0 Å². The van der Waals surface area contributed by atoms with Crippen molar-refractivity contribution in [3.8, 4) is 0 Å². The molecular weight excluding hydrogens is 370 g/mol. The van der Waals surface area contributed by atoms with Crippen molar-refractivity contribution in [2.24, 2.45) is 29.1 Å². The highest BCUT2D eigenvalue weighted by atomic mass is 16.6. The van der Waals surface area contributed by atoms with Crippen LogP contribution in [0.2, 0.25) is 0 Å². The quantitative estimate of drug-likeness (QED) is 0.564. The molecular formula is C23H36NO5+. The van der Waals surface area contributed by atoms with Gasteiger partial charge < -0.3 is 19.1 Å². The smallest absolute Gasteiger partial charge is 0.315 e. The van der Waals surface area contributed by atoms with Crippen LogP contribution >= 0.6 is 0 Å². The Balaban J connectivity index is 1.26. The summed E-state index contributed by atoms with van der Waals surface area (Å²) < 4.78 is 17.7. The van der Waals surface area contributed by atoms with Crippen molar-refractivity contribution in [1.82, 2.24) is 0 Å². The van der Waals surface area contributed by atoms with E-state index in [2.05, 4.69) is 13.8 Å². The molecule has 5 aliphatic rings. The lowest BCUT2D eigenvalue weighted by atomic mass is 9.53. The molecule has 3 aliphatic heterocycles. The van der Waals surface area contributed by atoms with Gasteiger partial charge >= 0.3 is 11.9 Å². The number of hydrogen-bond donors (Lipinski definition) is 1. The Morgan fingerprint density at radius 1 is 1.28 bits per heavy atom. The van der Waals surface area contributed by atoms with Crippen molar-refractivity contribution in [1.29, 1.82) is 0 Å². The largest absolute Gasteiger partial charge is 0.466 e. The van der Waals surface area contributed by atoms with Crippen LogP contribution in [-0.4, -0.2) is 56.0 Å². The lowest BCUT2D eigenvalue weighted by Gasteiger charge is -2.48. The van der Waals surface area contributed by atoms with Crippen molar-refractivity contribution in [3.05, 3.63) is 0 Å². The molecule has 2 saturated carbocycles. The van der Waals surface area contributed by atoms with E-state index >= 15 is 0 Å². The standard InChI is InChI=1S/C23H35NO5/c1-4-27-20(25)15-7-10-24(11-8-15)13-16-18-17(28-21(16)26)12-22(3)9-5-6-14(2)23(22)19(18)29-23/h14-19H,4-13H2,1-3H3/p+1/t14-,16+,17+,18+,19-,22+,23-/m0/s1. The molecule has 0 amide bonds. The van der Waals surface area contributed by atoms with E-state index in [4.69, 9.17) is 14.2 Å². The fraction of sp³-hybridized carbons (Fsp3) is 0.913. The van der Waals surface area contributed by atoms with Gasteiger partial charge in [0.05, 0.1) is 38.3 Å². The van der Waals surface area contributed by atoms with Crippen LogP contribution in [0.25, 0.3) is 0 Å². The van der Waals surface area contributed by atoms with Gasteiger partial charge in [0, 0.05) is 24.2 Å². The first-order valence-electron chi connectivity index (χ1n) is 11.8. The number of esters is 2. The summed E-state index contributed by atoms with van der Waals surface area (Å²) in [7, 11) is 0. The predicted octanol–water partition coefficient (Wildman–Crippen LogP) is 1.37. The van der Waals surface area contributed by atoms with Gasteiger partial charge in [-0.05, 0) is 32.1 Å². The van der Waals surface area contributed by atoms with Gasteiger partial charge in [-0.15, -0.1) is 0 Å². The van der Waals surface area contributed by atoms with Crippen LogP contribution in [0.1, 0.15) is 59.3 Å². The summed E-state index contributed by atoms with van der Waals surface area (Å²) >= 11 is 0. The predicted molar refractivity (Wildman–Crippen MR) is 105 cm³/mol. The van der Waals surface area contributed by atoms with Crippen LogP contribution in [0.5, 0.6) is 0 Å². The maximum Gasteiger partial charge on any atom is 0.315 e. The zero-order valence-corrected chi connectivity index (χ0v) is 18.1. The monoisotopic (exact) mass is 406 g/mol. The van der Waals surface area contributed by atoms with Crippen LogP contribution < -0.4 is 4.90 Å². The molecule has 1 N–H and O–H groups in total. The van der Waals surface area contributed by atoms with Gasteiger partial charge in [-0.1, -0.05) is 20.3 Å². The maximum atomic E-state index is 12.9. The van der Waals surface area contributed by atoms with E-state index in [1.54, 1.807) is 0 Å². The Morgan fingerprint density at radius 2 is 2.03 bits per heavy atom. The van der Waals surface area contributed by atoms with E-state index < -0.39 is 0 Å². The maximum absolute atomic E-state index is 12.9. The van der Waals surface area contributed by atoms with Crippen molar-refractivity contribution < 1.29 is 28.7 Å². The summed E-state index contributed by atoms with van der Waals surface area (Å²) in [5.41, 5.74) is 0.126. The molecule has 2 aliphatic carbocycles. The summed E-state index contributed by atoms with van der Waals surface area (Å²) in [6.07, 6.45) is 6.55. The van der Waals surface area contributed by atoms with Crippen molar-refractivity contribution in [3.63, 3.8) is 0 Å². The second-order valence-electron chi connectivity index (χ2n) is 10.5. The Kier molecular flexibility index (Phi) is 4.74. The molecule has 0 unspecified atom stereocenters. The van der Waals surface area contributed by atoms with Gasteiger partial charge in [0.25, 0.3) is 0 Å². The molecule has 0 bridgehead atoms. The third kappa shape index (κ3) is 2.88. The SMILES string of the molecule is CCOC(=O)C1CC[NH+](C[C@H]2C(=O)O[C@@H]3C[C@@]4(C)CCC[C@H](C)[C@@]45O[C@H]5[C@@H]32)CC1. The zero-order valence-electron chi connectivity index (χ0n) is 18.1. The number of nitrogens with one attached hydrogen (secondary N) is 1. The number of piperidine rings is 1. The first-order valence-corrected chi connectivity index (χ1v) is 11.8. The number of carbonyl (C=O) groups is 2. The van der Waals surface area contributed by atoms with E-state index in [1.807, 2.05) is 6.92 Å². The number of likely N-dealkylation sites (tertiary alicyclic amines) is 1. The highest BCUT2D eigenvalue weighted by Crippen LogP contribution is 2.70. The summed E-state index contributed by atoms with van der Waals surface area (Å²) in [5.74, 6) is 0.675. The van der Waals surface area contributed by atoms with Crippen molar-refractivity contribution >= 4 is 11.9 Å². The summed E-state index contributed by atoms with van der Waals surface area (Å²) in [6, 6.07) is 0. The number of ether oxygens (including phenoxy) is 3. The molecule has 3 heterocycles. The number of hydrogen-bond acceptors (Lipinski definition) is 5. The Bertz CT molecular complexity index is 689. The van der Waals surface area contributed by atoms with Gasteiger partial charge in [0.1, 0.15) is 17.6 Å². The van der Waals surface area contributed by atoms with Gasteiger partial charge in [-0.3, -0.25) is 9.59 Å². The second-order valence-corrected chi connectivity index (χ2v) is 10.5. The van der Waals surface area contributed by atoms with Crippen LogP contribution in [-0.2, 0) is 23.8 Å². The lowest BCUT2D eigenvalue weighted by molar-refractivity contribution is -0.908. The molecule has 5 rings (SSSR count). The molecule has 0 aromatic rings. The second kappa shape index (κ2) is 6.94. The molecule has 3 saturated heterocycles. The fourth-order valence-corrected chi connectivity index (χ4v) is 7.50. The normalized spacial score (nSPS) is 50.7. The number of quaternary nitrogens is 1. The zero-order chi connectivity index (χ0) is 20.4. The average Bonchev–Trinajstić information content (AvgIpc) is 3.37. The number of fused-ring (bicyclic) bond motifs is 2. The number of rotatable bonds is 4. The first kappa shape index (κ1) is 19.8. The number of epoxide rings is 1. The number of carbonyl (C=O) groups excluding carboxylic acids is 2. The fourth-order valence-electron chi connectivity index (χ4n) is 7.50. The molecule has 0 aromatic heterocycles. The van der Waals surface area contributed by atoms with E-state index in [0.29, 0.717) is 12.5 Å². The molecule has 162 valence electrons. The summed E-state index contributed by atoms with van der Waals surface area (Å²) in [4.78, 5) is 26.3. The van der Waals surface area contributed by atoms with E-state index in [-0.39, 0.29) is 52.9 Å². The molecule has 5 fully saturated rings. The van der Waals surface area contributed by atoms with Crippen molar-refractivity contribution in [2.75, 3.05) is 26.2 Å². The van der Waals surface area contributed by atoms with E-state index in [0.717, 1.165) is 38.9 Å². The van der Waals surface area contributed by atoms with Gasteiger partial charge in [0.2, 0.25) is 0 Å². The molecule has 1 spiro atoms. The topological polar surface area (TPSA) is 69.6 Å². The average molecular weight is 407 g/mol. The molecule has 29 heavy (non-hydrogen) atoms. The van der Waals surface area contributed by atoms with Crippen LogP contribution in [0.3, 0.4) is 0 Å². The minimum absolute atomic E-state index is 0.0134. The van der Waals surface area contributed by atoms with E-state index in [1.165, 1.54) is 24.2 Å². The first-order chi connectivity index (χ1) is 13.9. The lowest BCUT2D eigenvalue weighted by Crippen LogP contribution is -3.14. The summed E-state index contributed by atoms with van der Waals surface area (Å²) in [5, 5.41) is 0. The molecule has 0 radical (unpaired) electrons. The van der Waals surface area contributed by atoms with Crippen LogP contribution in [0.15, 0.2) is 0 Å². The molecule has 6 heteroatoms. The molecule has 6 nitrogen and oxygen atoms in total. The Labute approximate surface area is 173 Å². The highest BCUT2D eigenvalue weighted by molar-refractivity contribution is 5.76. The van der Waals surface area contributed by atoms with Gasteiger partial charge in [-0.2, -0.15) is 0 Å². The molecule has 0 aromatic carbocycles. The van der Waals surface area contributed by atoms with Crippen LogP contribution in [0.4, 0.5) is 0 Å². The van der Waals surface area contributed by atoms with Gasteiger partial charge in [0.15, 0.2) is 0 Å². The third-order valence-corrected chi connectivity index (χ3v) is 9.02. The van der Waals surface area contributed by atoms with Crippen LogP contribution in [0, 0.1) is 29.1 Å². The minimum atomic E-state index is -0.0582. The Hall–Kier alpha value is -1.14. The molecule has 7 atom stereocenters.